The molecule has 4 aromatic carbocycles. The number of benzene rings is 4. The van der Waals surface area contributed by atoms with Gasteiger partial charge in [0.1, 0.15) is 0 Å². The minimum absolute atomic E-state index is 1.06. The molecule has 1 nitrogen and oxygen atoms in total. The molecule has 0 aliphatic heterocycles. The molecule has 3 heteroatoms. The average Bonchev–Trinajstić information content (AvgIpc) is 2.69. The third-order valence-corrected chi connectivity index (χ3v) is 5.24. The molecule has 0 aliphatic rings. The lowest BCUT2D eigenvalue weighted by Gasteiger charge is -2.26. The summed E-state index contributed by atoms with van der Waals surface area (Å²) in [5.41, 5.74) is 5.74. The molecule has 0 atom stereocenters. The van der Waals surface area contributed by atoms with Crippen molar-refractivity contribution in [2.75, 3.05) is 4.90 Å². The smallest absolute Gasteiger partial charge is 0.0467 e. The molecule has 0 N–H and O–H groups in total. The summed E-state index contributed by atoms with van der Waals surface area (Å²) >= 11 is 7.18. The summed E-state index contributed by atoms with van der Waals surface area (Å²) in [6.45, 7) is 0. The first-order chi connectivity index (χ1) is 13.2. The summed E-state index contributed by atoms with van der Waals surface area (Å²) in [6.07, 6.45) is 0. The minimum atomic E-state index is 1.06. The van der Waals surface area contributed by atoms with Crippen molar-refractivity contribution < 1.29 is 0 Å². The van der Waals surface area contributed by atoms with Gasteiger partial charge >= 0.3 is 0 Å². The van der Waals surface area contributed by atoms with E-state index in [-0.39, 0.29) is 0 Å². The van der Waals surface area contributed by atoms with Crippen molar-refractivity contribution in [1.29, 1.82) is 0 Å². The molecule has 27 heavy (non-hydrogen) atoms. The summed E-state index contributed by atoms with van der Waals surface area (Å²) in [4.78, 5) is 2.27. The molecule has 132 valence electrons. The maximum Gasteiger partial charge on any atom is 0.0467 e. The van der Waals surface area contributed by atoms with Gasteiger partial charge in [0.25, 0.3) is 0 Å². The van der Waals surface area contributed by atoms with Crippen molar-refractivity contribution in [3.8, 4) is 11.1 Å². The van der Waals surface area contributed by atoms with E-state index in [1.807, 2.05) is 18.2 Å². The van der Waals surface area contributed by atoms with E-state index in [1.54, 1.807) is 0 Å². The van der Waals surface area contributed by atoms with E-state index in [9.17, 15) is 0 Å². The maximum absolute atomic E-state index is 3.59. The van der Waals surface area contributed by atoms with E-state index in [1.165, 1.54) is 11.1 Å². The number of para-hydroxylation sites is 2. The number of halogens is 2. The van der Waals surface area contributed by atoms with Gasteiger partial charge in [-0.25, -0.2) is 0 Å². The summed E-state index contributed by atoms with van der Waals surface area (Å²) in [5.74, 6) is 0. The van der Waals surface area contributed by atoms with Gasteiger partial charge in [-0.2, -0.15) is 0 Å². The summed E-state index contributed by atoms with van der Waals surface area (Å²) in [7, 11) is 0. The van der Waals surface area contributed by atoms with E-state index in [4.69, 9.17) is 0 Å². The zero-order chi connectivity index (χ0) is 18.6. The van der Waals surface area contributed by atoms with E-state index in [0.29, 0.717) is 0 Å². The second-order valence-corrected chi connectivity index (χ2v) is 8.05. The van der Waals surface area contributed by atoms with Crippen LogP contribution in [0.1, 0.15) is 0 Å². The van der Waals surface area contributed by atoms with Gasteiger partial charge in [0.05, 0.1) is 0 Å². The molecule has 0 saturated heterocycles. The Labute approximate surface area is 176 Å². The van der Waals surface area contributed by atoms with Gasteiger partial charge in [-0.3, -0.25) is 0 Å². The molecular weight excluding hydrogens is 462 g/mol. The minimum Gasteiger partial charge on any atom is -0.310 e. The largest absolute Gasteiger partial charge is 0.310 e. The van der Waals surface area contributed by atoms with E-state index < -0.39 is 0 Å². The first-order valence-corrected chi connectivity index (χ1v) is 10.3. The lowest BCUT2D eigenvalue weighted by molar-refractivity contribution is 1.28. The Hall–Kier alpha value is -2.36. The van der Waals surface area contributed by atoms with Crippen LogP contribution in [-0.4, -0.2) is 0 Å². The molecule has 0 aliphatic carbocycles. The first-order valence-electron chi connectivity index (χ1n) is 8.67. The number of hydrogen-bond acceptors (Lipinski definition) is 1. The van der Waals surface area contributed by atoms with E-state index in [0.717, 1.165) is 26.0 Å². The van der Waals surface area contributed by atoms with Crippen LogP contribution < -0.4 is 4.90 Å². The van der Waals surface area contributed by atoms with Crippen LogP contribution in [0.3, 0.4) is 0 Å². The number of rotatable bonds is 4. The normalized spacial score (nSPS) is 10.6. The fourth-order valence-electron chi connectivity index (χ4n) is 3.15. The highest BCUT2D eigenvalue weighted by Gasteiger charge is 2.12. The summed E-state index contributed by atoms with van der Waals surface area (Å²) in [5, 5.41) is 0. The number of anilines is 3. The molecule has 0 saturated carbocycles. The predicted octanol–water partition coefficient (Wildman–Crippen LogP) is 8.35. The molecule has 0 amide bonds. The molecule has 0 unspecified atom stereocenters. The second-order valence-electron chi connectivity index (χ2n) is 6.21. The van der Waals surface area contributed by atoms with Crippen LogP contribution in [0.5, 0.6) is 0 Å². The van der Waals surface area contributed by atoms with Crippen molar-refractivity contribution in [3.63, 3.8) is 0 Å². The standard InChI is InChI=1S/C24H17Br2N/c25-20-14-19(15-21(26)17-20)18-8-7-13-24(16-18)27(22-9-3-1-4-10-22)23-11-5-2-6-12-23/h1-17H. The number of hydrogen-bond donors (Lipinski definition) is 0. The van der Waals surface area contributed by atoms with Crippen molar-refractivity contribution >= 4 is 48.9 Å². The lowest BCUT2D eigenvalue weighted by Crippen LogP contribution is -2.09. The second kappa shape index (κ2) is 8.12. The fraction of sp³-hybridized carbons (Fsp3) is 0. The Balaban J connectivity index is 1.84. The molecule has 0 fully saturated rings. The highest BCUT2D eigenvalue weighted by molar-refractivity contribution is 9.11. The van der Waals surface area contributed by atoms with Crippen LogP contribution >= 0.6 is 31.9 Å². The molecule has 4 aromatic rings. The third-order valence-electron chi connectivity index (χ3n) is 4.33. The highest BCUT2D eigenvalue weighted by atomic mass is 79.9. The van der Waals surface area contributed by atoms with Gasteiger partial charge in [-0.05, 0) is 65.7 Å². The van der Waals surface area contributed by atoms with Crippen molar-refractivity contribution in [2.24, 2.45) is 0 Å². The molecule has 0 bridgehead atoms. The predicted molar refractivity (Wildman–Crippen MR) is 122 cm³/mol. The zero-order valence-corrected chi connectivity index (χ0v) is 17.7. The van der Waals surface area contributed by atoms with Crippen molar-refractivity contribution in [1.82, 2.24) is 0 Å². The van der Waals surface area contributed by atoms with Crippen molar-refractivity contribution in [3.05, 3.63) is 112 Å². The third kappa shape index (κ3) is 4.15. The average molecular weight is 479 g/mol. The highest BCUT2D eigenvalue weighted by Crippen LogP contribution is 2.37. The van der Waals surface area contributed by atoms with Gasteiger partial charge in [0, 0.05) is 26.0 Å². The SMILES string of the molecule is Brc1cc(Br)cc(-c2cccc(N(c3ccccc3)c3ccccc3)c2)c1. The van der Waals surface area contributed by atoms with Gasteiger partial charge in [-0.15, -0.1) is 0 Å². The monoisotopic (exact) mass is 477 g/mol. The van der Waals surface area contributed by atoms with Crippen LogP contribution in [0.2, 0.25) is 0 Å². The van der Waals surface area contributed by atoms with Gasteiger partial charge in [0.2, 0.25) is 0 Å². The van der Waals surface area contributed by atoms with E-state index in [2.05, 4.69) is 122 Å². The Morgan fingerprint density at radius 1 is 0.444 bits per heavy atom. The Morgan fingerprint density at radius 3 is 1.52 bits per heavy atom. The van der Waals surface area contributed by atoms with Gasteiger partial charge in [0.15, 0.2) is 0 Å². The Kier molecular flexibility index (Phi) is 5.42. The topological polar surface area (TPSA) is 3.24 Å². The van der Waals surface area contributed by atoms with Crippen LogP contribution in [0.4, 0.5) is 17.1 Å². The van der Waals surface area contributed by atoms with E-state index >= 15 is 0 Å². The number of nitrogens with zero attached hydrogens (tertiary/aromatic N) is 1. The van der Waals surface area contributed by atoms with Gasteiger partial charge in [-0.1, -0.05) is 80.4 Å². The molecule has 0 spiro atoms. The maximum atomic E-state index is 3.59. The van der Waals surface area contributed by atoms with Crippen LogP contribution in [-0.2, 0) is 0 Å². The van der Waals surface area contributed by atoms with Crippen LogP contribution in [0.25, 0.3) is 11.1 Å². The molecular formula is C24H17Br2N. The quantitative estimate of drug-likeness (QED) is 0.284. The van der Waals surface area contributed by atoms with Crippen LogP contribution in [0, 0.1) is 0 Å². The molecule has 0 radical (unpaired) electrons. The van der Waals surface area contributed by atoms with Crippen LogP contribution in [0.15, 0.2) is 112 Å². The Morgan fingerprint density at radius 2 is 0.963 bits per heavy atom. The fourth-order valence-corrected chi connectivity index (χ4v) is 4.44. The molecule has 4 rings (SSSR count). The summed E-state index contributed by atoms with van der Waals surface area (Å²) < 4.78 is 2.11. The lowest BCUT2D eigenvalue weighted by atomic mass is 10.0. The molecule has 0 heterocycles. The molecule has 0 aromatic heterocycles. The Bertz CT molecular complexity index is 986. The summed E-state index contributed by atoms with van der Waals surface area (Å²) in [6, 6.07) is 35.9. The first kappa shape index (κ1) is 18.0. The zero-order valence-electron chi connectivity index (χ0n) is 14.5. The van der Waals surface area contributed by atoms with Crippen molar-refractivity contribution in [2.45, 2.75) is 0 Å². The van der Waals surface area contributed by atoms with Gasteiger partial charge < -0.3 is 4.90 Å².